The smallest absolute Gasteiger partial charge is 0.244 e. The number of hydrogen-bond acceptors (Lipinski definition) is 5. The van der Waals surface area contributed by atoms with Crippen LogP contribution in [0, 0.1) is 5.82 Å². The molecule has 30 heavy (non-hydrogen) atoms. The lowest BCUT2D eigenvalue weighted by Gasteiger charge is -2.09. The Hall–Kier alpha value is -3.87. The highest BCUT2D eigenvalue weighted by Gasteiger charge is 2.07. The maximum absolute atomic E-state index is 14.3. The average Bonchev–Trinajstić information content (AvgIpc) is 2.78. The molecule has 3 rings (SSSR count). The summed E-state index contributed by atoms with van der Waals surface area (Å²) in [4.78, 5) is 16.1. The molecule has 154 valence electrons. The highest BCUT2D eigenvalue weighted by molar-refractivity contribution is 5.92. The predicted octanol–water partition coefficient (Wildman–Crippen LogP) is 4.36. The van der Waals surface area contributed by atoms with Crippen molar-refractivity contribution in [1.82, 2.24) is 10.3 Å². The molecule has 0 spiro atoms. The minimum absolute atomic E-state index is 0.0862. The summed E-state index contributed by atoms with van der Waals surface area (Å²) < 4.78 is 30.2. The van der Waals surface area contributed by atoms with Gasteiger partial charge < -0.3 is 19.5 Å². The van der Waals surface area contributed by atoms with Crippen LogP contribution in [0.25, 0.3) is 6.08 Å². The van der Waals surface area contributed by atoms with Gasteiger partial charge >= 0.3 is 0 Å². The number of carbonyl (C=O) groups excluding carboxylic acids is 1. The van der Waals surface area contributed by atoms with Crippen LogP contribution < -0.4 is 19.5 Å². The topological polar surface area (TPSA) is 69.7 Å². The van der Waals surface area contributed by atoms with Crippen molar-refractivity contribution in [3.05, 3.63) is 83.9 Å². The van der Waals surface area contributed by atoms with E-state index in [0.29, 0.717) is 28.4 Å². The summed E-state index contributed by atoms with van der Waals surface area (Å²) in [5, 5.41) is 2.72. The van der Waals surface area contributed by atoms with Gasteiger partial charge in [0.25, 0.3) is 0 Å². The largest absolute Gasteiger partial charge is 0.497 e. The Morgan fingerprint density at radius 2 is 1.90 bits per heavy atom. The number of benzene rings is 2. The van der Waals surface area contributed by atoms with Gasteiger partial charge in [-0.2, -0.15) is 0 Å². The highest BCUT2D eigenvalue weighted by atomic mass is 19.1. The number of pyridine rings is 1. The van der Waals surface area contributed by atoms with Crippen molar-refractivity contribution in [3.63, 3.8) is 0 Å². The van der Waals surface area contributed by atoms with E-state index in [0.717, 1.165) is 0 Å². The van der Waals surface area contributed by atoms with Gasteiger partial charge in [0.1, 0.15) is 17.2 Å². The van der Waals surface area contributed by atoms with Gasteiger partial charge in [-0.1, -0.05) is 6.07 Å². The summed E-state index contributed by atoms with van der Waals surface area (Å²) in [6, 6.07) is 13.2. The zero-order valence-corrected chi connectivity index (χ0v) is 16.6. The van der Waals surface area contributed by atoms with E-state index in [1.165, 1.54) is 24.4 Å². The van der Waals surface area contributed by atoms with Gasteiger partial charge in [-0.25, -0.2) is 4.39 Å². The lowest BCUT2D eigenvalue weighted by atomic mass is 10.1. The van der Waals surface area contributed by atoms with Crippen molar-refractivity contribution in [1.29, 1.82) is 0 Å². The lowest BCUT2D eigenvalue weighted by molar-refractivity contribution is -0.116. The van der Waals surface area contributed by atoms with Crippen molar-refractivity contribution in [3.8, 4) is 23.0 Å². The van der Waals surface area contributed by atoms with Crippen LogP contribution in [-0.2, 0) is 11.3 Å². The quantitative estimate of drug-likeness (QED) is 0.561. The molecule has 0 saturated heterocycles. The number of nitrogens with one attached hydrogen (secondary N) is 1. The van der Waals surface area contributed by atoms with Crippen LogP contribution >= 0.6 is 0 Å². The summed E-state index contributed by atoms with van der Waals surface area (Å²) in [5.74, 6) is 0.947. The Morgan fingerprint density at radius 3 is 2.60 bits per heavy atom. The molecule has 1 amide bonds. The number of halogens is 1. The molecule has 0 radical (unpaired) electrons. The summed E-state index contributed by atoms with van der Waals surface area (Å²) in [7, 11) is 3.11. The number of methoxy groups -OCH3 is 2. The molecule has 1 aromatic heterocycles. The van der Waals surface area contributed by atoms with Gasteiger partial charge in [-0.15, -0.1) is 0 Å². The minimum Gasteiger partial charge on any atom is -0.497 e. The molecule has 0 aliphatic rings. The van der Waals surface area contributed by atoms with E-state index in [9.17, 15) is 9.18 Å². The van der Waals surface area contributed by atoms with Gasteiger partial charge in [0.15, 0.2) is 11.6 Å². The summed E-state index contributed by atoms with van der Waals surface area (Å²) >= 11 is 0. The third-order valence-corrected chi connectivity index (χ3v) is 4.18. The van der Waals surface area contributed by atoms with E-state index in [1.807, 2.05) is 0 Å². The fourth-order valence-electron chi connectivity index (χ4n) is 2.65. The van der Waals surface area contributed by atoms with Crippen molar-refractivity contribution in [2.24, 2.45) is 0 Å². The predicted molar refractivity (Wildman–Crippen MR) is 111 cm³/mol. The average molecular weight is 408 g/mol. The number of nitrogens with zero attached hydrogens (tertiary/aromatic N) is 1. The van der Waals surface area contributed by atoms with Crippen molar-refractivity contribution in [2.45, 2.75) is 6.54 Å². The second-order valence-corrected chi connectivity index (χ2v) is 6.21. The van der Waals surface area contributed by atoms with Gasteiger partial charge in [0.2, 0.25) is 5.91 Å². The summed E-state index contributed by atoms with van der Waals surface area (Å²) in [6.07, 6.45) is 6.11. The zero-order chi connectivity index (χ0) is 21.3. The van der Waals surface area contributed by atoms with Crippen LogP contribution in [0.4, 0.5) is 4.39 Å². The molecule has 7 heteroatoms. The van der Waals surface area contributed by atoms with Gasteiger partial charge in [-0.05, 0) is 54.1 Å². The second kappa shape index (κ2) is 10.1. The fraction of sp³-hybridized carbons (Fsp3) is 0.130. The van der Waals surface area contributed by atoms with E-state index < -0.39 is 5.82 Å². The first-order chi connectivity index (χ1) is 14.6. The van der Waals surface area contributed by atoms with E-state index in [2.05, 4.69) is 10.3 Å². The number of carbonyl (C=O) groups is 1. The van der Waals surface area contributed by atoms with Crippen LogP contribution in [-0.4, -0.2) is 25.1 Å². The third kappa shape index (κ3) is 5.57. The standard InChI is InChI=1S/C23H21FN2O4/c1-28-18-7-9-21(29-2)17(13-18)6-10-23(27)26-14-16-5-8-22(20(24)12-16)30-19-4-3-11-25-15-19/h3-13,15H,14H2,1-2H3,(H,26,27)/b10-6+. The molecule has 0 bridgehead atoms. The Morgan fingerprint density at radius 1 is 1.07 bits per heavy atom. The van der Waals surface area contributed by atoms with Crippen LogP contribution in [0.2, 0.25) is 0 Å². The first kappa shape index (κ1) is 20.9. The minimum atomic E-state index is -0.526. The molecule has 0 aliphatic heterocycles. The highest BCUT2D eigenvalue weighted by Crippen LogP contribution is 2.26. The molecular formula is C23H21FN2O4. The number of hydrogen-bond donors (Lipinski definition) is 1. The van der Waals surface area contributed by atoms with E-state index >= 15 is 0 Å². The normalized spacial score (nSPS) is 10.6. The molecule has 3 aromatic rings. The van der Waals surface area contributed by atoms with Crippen LogP contribution in [0.1, 0.15) is 11.1 Å². The lowest BCUT2D eigenvalue weighted by Crippen LogP contribution is -2.20. The Balaban J connectivity index is 1.59. The molecule has 0 unspecified atom stereocenters. The maximum Gasteiger partial charge on any atom is 0.244 e. The van der Waals surface area contributed by atoms with Gasteiger partial charge in [0.05, 0.1) is 20.4 Å². The Labute approximate surface area is 173 Å². The fourth-order valence-corrected chi connectivity index (χ4v) is 2.65. The molecule has 0 fully saturated rings. The first-order valence-electron chi connectivity index (χ1n) is 9.13. The molecule has 0 saturated carbocycles. The second-order valence-electron chi connectivity index (χ2n) is 6.21. The summed E-state index contributed by atoms with van der Waals surface area (Å²) in [6.45, 7) is 0.169. The maximum atomic E-state index is 14.3. The summed E-state index contributed by atoms with van der Waals surface area (Å²) in [5.41, 5.74) is 1.31. The monoisotopic (exact) mass is 408 g/mol. The molecule has 1 N–H and O–H groups in total. The van der Waals surface area contributed by atoms with Crippen LogP contribution in [0.15, 0.2) is 67.0 Å². The Kier molecular flexibility index (Phi) is 7.00. The first-order valence-corrected chi connectivity index (χ1v) is 9.13. The third-order valence-electron chi connectivity index (χ3n) is 4.18. The molecule has 6 nitrogen and oxygen atoms in total. The number of aromatic nitrogens is 1. The van der Waals surface area contributed by atoms with Gasteiger partial charge in [0, 0.05) is 24.4 Å². The van der Waals surface area contributed by atoms with Gasteiger partial charge in [-0.3, -0.25) is 9.78 Å². The molecule has 0 atom stereocenters. The molecule has 2 aromatic carbocycles. The SMILES string of the molecule is COc1ccc(OC)c(/C=C/C(=O)NCc2ccc(Oc3cccnc3)c(F)c2)c1. The number of amides is 1. The van der Waals surface area contributed by atoms with Crippen molar-refractivity contribution < 1.29 is 23.4 Å². The number of ether oxygens (including phenoxy) is 3. The Bertz CT molecular complexity index is 1040. The van der Waals surface area contributed by atoms with Crippen LogP contribution in [0.5, 0.6) is 23.0 Å². The van der Waals surface area contributed by atoms with E-state index in [4.69, 9.17) is 14.2 Å². The van der Waals surface area contributed by atoms with Crippen molar-refractivity contribution >= 4 is 12.0 Å². The molecular weight excluding hydrogens is 387 g/mol. The van der Waals surface area contributed by atoms with E-state index in [1.54, 1.807) is 62.9 Å². The molecule has 0 aliphatic carbocycles. The van der Waals surface area contributed by atoms with E-state index in [-0.39, 0.29) is 18.2 Å². The van der Waals surface area contributed by atoms with Crippen molar-refractivity contribution in [2.75, 3.05) is 14.2 Å². The number of rotatable bonds is 8. The van der Waals surface area contributed by atoms with Crippen LogP contribution in [0.3, 0.4) is 0 Å². The molecule has 1 heterocycles. The zero-order valence-electron chi connectivity index (χ0n) is 16.6.